The van der Waals surface area contributed by atoms with Crippen molar-refractivity contribution in [1.82, 2.24) is 0 Å². The molecule has 0 aromatic rings. The van der Waals surface area contributed by atoms with Crippen LogP contribution in [0.4, 0.5) is 0 Å². The Morgan fingerprint density at radius 1 is 1.23 bits per heavy atom. The molecule has 0 aromatic heterocycles. The molecule has 0 N–H and O–H groups in total. The van der Waals surface area contributed by atoms with Crippen molar-refractivity contribution in [3.05, 3.63) is 0 Å². The van der Waals surface area contributed by atoms with Crippen LogP contribution in [0.3, 0.4) is 0 Å². The van der Waals surface area contributed by atoms with Crippen molar-refractivity contribution in [2.24, 2.45) is 23.2 Å². The van der Waals surface area contributed by atoms with Gasteiger partial charge in [-0.15, -0.1) is 0 Å². The van der Waals surface area contributed by atoms with Gasteiger partial charge in [-0.05, 0) is 62.1 Å². The van der Waals surface area contributed by atoms with Gasteiger partial charge in [0, 0.05) is 12.0 Å². The molecule has 0 spiro atoms. The van der Waals surface area contributed by atoms with Crippen molar-refractivity contribution in [3.63, 3.8) is 0 Å². The Morgan fingerprint density at radius 3 is 2.50 bits per heavy atom. The van der Waals surface area contributed by atoms with Gasteiger partial charge in [0.2, 0.25) is 0 Å². The maximum absolute atomic E-state index is 12.6. The van der Waals surface area contributed by atoms with Gasteiger partial charge in [0.05, 0.1) is 5.41 Å². The van der Waals surface area contributed by atoms with Gasteiger partial charge in [-0.25, -0.2) is 0 Å². The zero-order valence-corrected chi connectivity index (χ0v) is 15.6. The maximum atomic E-state index is 12.6. The van der Waals surface area contributed by atoms with E-state index < -0.39 is 13.7 Å². The molecule has 3 aliphatic carbocycles. The molecular formula is C18H30O3Si. The molecule has 5 atom stereocenters. The normalized spacial score (nSPS) is 41.6. The predicted octanol–water partition coefficient (Wildman–Crippen LogP) is 3.97. The van der Waals surface area contributed by atoms with Crippen LogP contribution >= 0.6 is 0 Å². The highest BCUT2D eigenvalue weighted by molar-refractivity contribution is 6.74. The third-order valence-electron chi connectivity index (χ3n) is 7.18. The molecule has 3 aliphatic rings. The highest BCUT2D eigenvalue weighted by Crippen LogP contribution is 2.60. The number of aldehydes is 1. The molecule has 0 amide bonds. The fraction of sp³-hybridized carbons (Fsp3) is 0.889. The molecule has 3 rings (SSSR count). The van der Waals surface area contributed by atoms with E-state index in [1.807, 2.05) is 0 Å². The highest BCUT2D eigenvalue weighted by Gasteiger charge is 2.63. The van der Waals surface area contributed by atoms with E-state index in [2.05, 4.69) is 33.9 Å². The van der Waals surface area contributed by atoms with Gasteiger partial charge in [-0.2, -0.15) is 0 Å². The van der Waals surface area contributed by atoms with Crippen LogP contribution in [-0.2, 0) is 14.0 Å². The summed E-state index contributed by atoms with van der Waals surface area (Å²) in [5, 5.41) is 0.203. The molecule has 3 saturated carbocycles. The van der Waals surface area contributed by atoms with Crippen LogP contribution in [0.1, 0.15) is 52.9 Å². The van der Waals surface area contributed by atoms with E-state index in [1.54, 1.807) is 0 Å². The Morgan fingerprint density at radius 2 is 1.91 bits per heavy atom. The quantitative estimate of drug-likeness (QED) is 0.448. The standard InChI is InChI=1S/C18H30O3Si/c1-17(2,3)22(4,5)21-15-7-6-12-10-14-13(15)8-9-18(14,11-19)16(12)20/h11-15H,6-10H2,1-5H3/t12-,13-,14-,15-,18-/m1/s1. The first kappa shape index (κ1) is 16.4. The summed E-state index contributed by atoms with van der Waals surface area (Å²) in [6.07, 6.45) is 5.85. The van der Waals surface area contributed by atoms with Crippen molar-refractivity contribution >= 4 is 20.4 Å². The van der Waals surface area contributed by atoms with E-state index in [0.29, 0.717) is 5.92 Å². The zero-order valence-electron chi connectivity index (χ0n) is 14.6. The minimum Gasteiger partial charge on any atom is -0.414 e. The first-order valence-corrected chi connectivity index (χ1v) is 11.7. The van der Waals surface area contributed by atoms with Crippen molar-refractivity contribution in [2.75, 3.05) is 0 Å². The highest BCUT2D eigenvalue weighted by atomic mass is 28.4. The molecule has 0 heterocycles. The second-order valence-corrected chi connectivity index (χ2v) is 14.0. The first-order chi connectivity index (χ1) is 10.1. The Bertz CT molecular complexity index is 493. The summed E-state index contributed by atoms with van der Waals surface area (Å²) < 4.78 is 6.74. The van der Waals surface area contributed by atoms with Crippen molar-refractivity contribution < 1.29 is 14.0 Å². The van der Waals surface area contributed by atoms with E-state index >= 15 is 0 Å². The number of ketones is 1. The summed E-state index contributed by atoms with van der Waals surface area (Å²) in [6, 6.07) is 0. The first-order valence-electron chi connectivity index (χ1n) is 8.81. The van der Waals surface area contributed by atoms with Crippen LogP contribution in [0.5, 0.6) is 0 Å². The third-order valence-corrected chi connectivity index (χ3v) is 11.7. The van der Waals surface area contributed by atoms with Crippen LogP contribution in [0.15, 0.2) is 0 Å². The summed E-state index contributed by atoms with van der Waals surface area (Å²) in [6.45, 7) is 11.4. The molecule has 3 nitrogen and oxygen atoms in total. The SMILES string of the molecule is CC(C)(C)[Si](C)(C)O[C@@H]1CC[C@@H]2C[C@@H]3[C@H]1CC[C@]3(C=O)C2=O. The summed E-state index contributed by atoms with van der Waals surface area (Å²) in [5.74, 6) is 1.03. The third kappa shape index (κ3) is 2.17. The minimum absolute atomic E-state index is 0.117. The molecule has 0 unspecified atom stereocenters. The Labute approximate surface area is 135 Å². The van der Waals surface area contributed by atoms with Crippen molar-refractivity contribution in [1.29, 1.82) is 0 Å². The average Bonchev–Trinajstić information content (AvgIpc) is 2.85. The smallest absolute Gasteiger partial charge is 0.192 e. The molecular weight excluding hydrogens is 292 g/mol. The molecule has 124 valence electrons. The molecule has 0 saturated heterocycles. The number of Topliss-reactive ketones (excluding diaryl/α,β-unsaturated/α-hetero) is 1. The maximum Gasteiger partial charge on any atom is 0.192 e. The predicted molar refractivity (Wildman–Crippen MR) is 89.1 cm³/mol. The van der Waals surface area contributed by atoms with Gasteiger partial charge in [0.15, 0.2) is 8.32 Å². The van der Waals surface area contributed by atoms with Crippen LogP contribution in [0.2, 0.25) is 18.1 Å². The molecule has 0 radical (unpaired) electrons. The molecule has 22 heavy (non-hydrogen) atoms. The Kier molecular flexibility index (Phi) is 3.73. The van der Waals surface area contributed by atoms with Crippen molar-refractivity contribution in [2.45, 2.75) is 77.1 Å². The average molecular weight is 323 g/mol. The van der Waals surface area contributed by atoms with Gasteiger partial charge in [-0.1, -0.05) is 20.8 Å². The Balaban J connectivity index is 1.86. The lowest BCUT2D eigenvalue weighted by molar-refractivity contribution is -0.136. The second-order valence-electron chi connectivity index (χ2n) is 9.26. The molecule has 4 heteroatoms. The van der Waals surface area contributed by atoms with E-state index in [9.17, 15) is 9.59 Å². The number of fused-ring (bicyclic) bond motifs is 1. The van der Waals surface area contributed by atoms with Gasteiger partial charge in [0.1, 0.15) is 12.1 Å². The molecule has 3 fully saturated rings. The monoisotopic (exact) mass is 322 g/mol. The van der Waals surface area contributed by atoms with Gasteiger partial charge in [0.25, 0.3) is 0 Å². The van der Waals surface area contributed by atoms with Crippen LogP contribution < -0.4 is 0 Å². The van der Waals surface area contributed by atoms with Gasteiger partial charge >= 0.3 is 0 Å². The largest absolute Gasteiger partial charge is 0.414 e. The van der Waals surface area contributed by atoms with Crippen LogP contribution in [0, 0.1) is 23.2 Å². The van der Waals surface area contributed by atoms with E-state index in [0.717, 1.165) is 38.4 Å². The van der Waals surface area contributed by atoms with E-state index in [1.165, 1.54) is 0 Å². The lowest BCUT2D eigenvalue weighted by Gasteiger charge is -2.42. The number of rotatable bonds is 3. The Hall–Kier alpha value is -0.483. The van der Waals surface area contributed by atoms with Crippen molar-refractivity contribution in [3.8, 4) is 0 Å². The lowest BCUT2D eigenvalue weighted by atomic mass is 9.76. The topological polar surface area (TPSA) is 43.4 Å². The lowest BCUT2D eigenvalue weighted by Crippen LogP contribution is -2.47. The number of hydrogen-bond donors (Lipinski definition) is 0. The molecule has 0 aliphatic heterocycles. The number of hydrogen-bond acceptors (Lipinski definition) is 3. The summed E-state index contributed by atoms with van der Waals surface area (Å²) >= 11 is 0. The van der Waals surface area contributed by atoms with E-state index in [-0.39, 0.29) is 28.8 Å². The molecule has 0 aromatic carbocycles. The summed E-state index contributed by atoms with van der Waals surface area (Å²) in [4.78, 5) is 24.4. The summed E-state index contributed by atoms with van der Waals surface area (Å²) in [5.41, 5.74) is -0.648. The number of carbonyl (C=O) groups excluding carboxylic acids is 2. The summed E-state index contributed by atoms with van der Waals surface area (Å²) in [7, 11) is -1.81. The van der Waals surface area contributed by atoms with Gasteiger partial charge < -0.3 is 9.22 Å². The zero-order chi connectivity index (χ0) is 16.3. The van der Waals surface area contributed by atoms with Gasteiger partial charge in [-0.3, -0.25) is 4.79 Å². The van der Waals surface area contributed by atoms with Crippen LogP contribution in [-0.4, -0.2) is 26.5 Å². The number of carbonyl (C=O) groups is 2. The fourth-order valence-corrected chi connectivity index (χ4v) is 6.24. The van der Waals surface area contributed by atoms with E-state index in [4.69, 9.17) is 4.43 Å². The van der Waals surface area contributed by atoms with Crippen LogP contribution in [0.25, 0.3) is 0 Å². The second kappa shape index (κ2) is 5.00. The minimum atomic E-state index is -1.81. The fourth-order valence-electron chi connectivity index (χ4n) is 4.84. The molecule has 2 bridgehead atoms.